The number of aliphatic hydroxyl groups is 1. The maximum Gasteiger partial charge on any atom is 0.279 e. The average Bonchev–Trinajstić information content (AvgIpc) is 2.67. The fraction of sp³-hybridized carbons (Fsp3) is 0.857. The largest absolute Gasteiger partial charge is 0.382 e. The summed E-state index contributed by atoms with van der Waals surface area (Å²) in [7, 11) is -3.57. The third-order valence-electron chi connectivity index (χ3n) is 2.19. The predicted octanol–water partition coefficient (Wildman–Crippen LogP) is -2.24. The highest BCUT2D eigenvalue weighted by atomic mass is 32.2. The van der Waals surface area contributed by atoms with Crippen LogP contribution in [0, 0.1) is 0 Å². The molecule has 0 bridgehead atoms. The number of rotatable bonds is 5. The van der Waals surface area contributed by atoms with E-state index in [1.54, 1.807) is 0 Å². The van der Waals surface area contributed by atoms with Crippen LogP contribution in [0.3, 0.4) is 0 Å². The van der Waals surface area contributed by atoms with Gasteiger partial charge in [-0.3, -0.25) is 4.79 Å². The molecule has 0 aliphatic carbocycles. The molecule has 0 saturated carbocycles. The maximum absolute atomic E-state index is 11.5. The van der Waals surface area contributed by atoms with Crippen LogP contribution in [0.5, 0.6) is 0 Å². The Balaban J connectivity index is 2.46. The highest BCUT2D eigenvalue weighted by Gasteiger charge is 2.26. The van der Waals surface area contributed by atoms with Crippen LogP contribution in [-0.4, -0.2) is 49.5 Å². The van der Waals surface area contributed by atoms with E-state index in [0.717, 1.165) is 12.8 Å². The number of nitrogens with one attached hydrogen (secondary N) is 1. The van der Waals surface area contributed by atoms with Crippen LogP contribution < -0.4 is 10.5 Å². The van der Waals surface area contributed by atoms with Gasteiger partial charge in [0.05, 0.1) is 0 Å². The first kappa shape index (κ1) is 12.4. The minimum absolute atomic E-state index is 0.381. The number of carbonyl (C=O) groups is 1. The number of aliphatic hydroxyl groups excluding tert-OH is 1. The molecule has 0 spiro atoms. The van der Waals surface area contributed by atoms with E-state index in [-0.39, 0.29) is 6.54 Å². The van der Waals surface area contributed by atoms with Gasteiger partial charge in [0.25, 0.3) is 10.2 Å². The SMILES string of the molecule is NC(=O)C(O)CNS(=O)(=O)N1CCCC1. The molecule has 15 heavy (non-hydrogen) atoms. The Morgan fingerprint density at radius 3 is 2.47 bits per heavy atom. The monoisotopic (exact) mass is 237 g/mol. The first-order chi connectivity index (χ1) is 6.93. The summed E-state index contributed by atoms with van der Waals surface area (Å²) in [6.45, 7) is 0.568. The molecule has 1 unspecified atom stereocenters. The fourth-order valence-corrected chi connectivity index (χ4v) is 2.59. The van der Waals surface area contributed by atoms with Crippen LogP contribution in [0.4, 0.5) is 0 Å². The molecule has 1 fully saturated rings. The summed E-state index contributed by atoms with van der Waals surface area (Å²) in [6, 6.07) is 0. The van der Waals surface area contributed by atoms with Crippen LogP contribution >= 0.6 is 0 Å². The van der Waals surface area contributed by atoms with Gasteiger partial charge < -0.3 is 10.8 Å². The van der Waals surface area contributed by atoms with E-state index < -0.39 is 22.2 Å². The molecule has 4 N–H and O–H groups in total. The normalized spacial score (nSPS) is 20.3. The van der Waals surface area contributed by atoms with Crippen molar-refractivity contribution in [3.05, 3.63) is 0 Å². The van der Waals surface area contributed by atoms with E-state index >= 15 is 0 Å². The van der Waals surface area contributed by atoms with Gasteiger partial charge in [-0.1, -0.05) is 0 Å². The zero-order chi connectivity index (χ0) is 11.5. The molecule has 88 valence electrons. The Labute approximate surface area is 88.4 Å². The zero-order valence-corrected chi connectivity index (χ0v) is 9.03. The summed E-state index contributed by atoms with van der Waals surface area (Å²) in [5, 5.41) is 9.01. The van der Waals surface area contributed by atoms with Crippen molar-refractivity contribution in [1.82, 2.24) is 9.03 Å². The molecule has 1 atom stereocenters. The van der Waals surface area contributed by atoms with Crippen molar-refractivity contribution in [1.29, 1.82) is 0 Å². The van der Waals surface area contributed by atoms with Crippen molar-refractivity contribution < 1.29 is 18.3 Å². The lowest BCUT2D eigenvalue weighted by atomic mass is 10.3. The van der Waals surface area contributed by atoms with Gasteiger partial charge in [-0.2, -0.15) is 17.4 Å². The fourth-order valence-electron chi connectivity index (χ4n) is 1.30. The molecule has 1 aliphatic rings. The number of nitrogens with zero attached hydrogens (tertiary/aromatic N) is 1. The lowest BCUT2D eigenvalue weighted by Crippen LogP contribution is -2.45. The summed E-state index contributed by atoms with van der Waals surface area (Å²) in [4.78, 5) is 10.5. The van der Waals surface area contributed by atoms with Crippen molar-refractivity contribution in [3.63, 3.8) is 0 Å². The lowest BCUT2D eigenvalue weighted by Gasteiger charge is -2.16. The Morgan fingerprint density at radius 1 is 1.47 bits per heavy atom. The first-order valence-electron chi connectivity index (χ1n) is 4.65. The highest BCUT2D eigenvalue weighted by Crippen LogP contribution is 2.10. The molecule has 0 radical (unpaired) electrons. The standard InChI is InChI=1S/C7H15N3O4S/c8-7(12)6(11)5-9-15(13,14)10-3-1-2-4-10/h6,9,11H,1-5H2,(H2,8,12). The summed E-state index contributed by atoms with van der Waals surface area (Å²) < 4.78 is 26.4. The molecule has 1 amide bonds. The maximum atomic E-state index is 11.5. The topological polar surface area (TPSA) is 113 Å². The molecular weight excluding hydrogens is 222 g/mol. The Hall–Kier alpha value is -0.700. The van der Waals surface area contributed by atoms with Crippen molar-refractivity contribution in [3.8, 4) is 0 Å². The van der Waals surface area contributed by atoms with Gasteiger partial charge in [-0.05, 0) is 12.8 Å². The average molecular weight is 237 g/mol. The van der Waals surface area contributed by atoms with Gasteiger partial charge in [0.2, 0.25) is 5.91 Å². The molecule has 8 heteroatoms. The summed E-state index contributed by atoms with van der Waals surface area (Å²) in [5.74, 6) is -0.945. The molecule has 1 rings (SSSR count). The van der Waals surface area contributed by atoms with Gasteiger partial charge in [0, 0.05) is 19.6 Å². The van der Waals surface area contributed by atoms with Crippen molar-refractivity contribution in [2.24, 2.45) is 5.73 Å². The van der Waals surface area contributed by atoms with E-state index in [1.165, 1.54) is 4.31 Å². The molecule has 1 saturated heterocycles. The van der Waals surface area contributed by atoms with Crippen molar-refractivity contribution in [2.75, 3.05) is 19.6 Å². The molecular formula is C7H15N3O4S. The molecule has 7 nitrogen and oxygen atoms in total. The van der Waals surface area contributed by atoms with Crippen LogP contribution in [0.15, 0.2) is 0 Å². The minimum Gasteiger partial charge on any atom is -0.382 e. The van der Waals surface area contributed by atoms with Crippen LogP contribution in [0.25, 0.3) is 0 Å². The second-order valence-corrected chi connectivity index (χ2v) is 5.13. The predicted molar refractivity (Wildman–Crippen MR) is 52.9 cm³/mol. The third-order valence-corrected chi connectivity index (χ3v) is 3.77. The zero-order valence-electron chi connectivity index (χ0n) is 8.22. The lowest BCUT2D eigenvalue weighted by molar-refractivity contribution is -0.125. The first-order valence-corrected chi connectivity index (χ1v) is 6.09. The number of hydrogen-bond donors (Lipinski definition) is 3. The Bertz CT molecular complexity index is 323. The van der Waals surface area contributed by atoms with Crippen molar-refractivity contribution >= 4 is 16.1 Å². The second-order valence-electron chi connectivity index (χ2n) is 3.38. The summed E-state index contributed by atoms with van der Waals surface area (Å²) in [5.41, 5.74) is 4.78. The number of nitrogens with two attached hydrogens (primary N) is 1. The Kier molecular flexibility index (Phi) is 4.03. The quantitative estimate of drug-likeness (QED) is 0.502. The molecule has 0 aromatic heterocycles. The van der Waals surface area contributed by atoms with E-state index in [9.17, 15) is 13.2 Å². The van der Waals surface area contributed by atoms with Gasteiger partial charge in [0.15, 0.2) is 0 Å². The van der Waals surface area contributed by atoms with E-state index in [2.05, 4.69) is 4.72 Å². The van der Waals surface area contributed by atoms with Gasteiger partial charge in [0.1, 0.15) is 6.10 Å². The van der Waals surface area contributed by atoms with Gasteiger partial charge in [-0.25, -0.2) is 0 Å². The molecule has 1 heterocycles. The highest BCUT2D eigenvalue weighted by molar-refractivity contribution is 7.87. The molecule has 0 aromatic rings. The molecule has 0 aromatic carbocycles. The van der Waals surface area contributed by atoms with Crippen LogP contribution in [0.2, 0.25) is 0 Å². The van der Waals surface area contributed by atoms with E-state index in [4.69, 9.17) is 10.8 Å². The smallest absolute Gasteiger partial charge is 0.279 e. The van der Waals surface area contributed by atoms with Crippen molar-refractivity contribution in [2.45, 2.75) is 18.9 Å². The Morgan fingerprint density at radius 2 is 2.00 bits per heavy atom. The number of hydrogen-bond acceptors (Lipinski definition) is 4. The summed E-state index contributed by atoms with van der Waals surface area (Å²) in [6.07, 6.45) is 0.181. The van der Waals surface area contributed by atoms with E-state index in [1.807, 2.05) is 0 Å². The van der Waals surface area contributed by atoms with Crippen LogP contribution in [0.1, 0.15) is 12.8 Å². The second kappa shape index (κ2) is 4.88. The summed E-state index contributed by atoms with van der Waals surface area (Å²) >= 11 is 0. The number of primary amides is 1. The number of amides is 1. The minimum atomic E-state index is -3.57. The van der Waals surface area contributed by atoms with Gasteiger partial charge >= 0.3 is 0 Å². The van der Waals surface area contributed by atoms with E-state index in [0.29, 0.717) is 13.1 Å². The third kappa shape index (κ3) is 3.42. The molecule has 1 aliphatic heterocycles. The van der Waals surface area contributed by atoms with Gasteiger partial charge in [-0.15, -0.1) is 0 Å². The van der Waals surface area contributed by atoms with Crippen LogP contribution in [-0.2, 0) is 15.0 Å². The number of carbonyl (C=O) groups excluding carboxylic acids is 1.